The maximum Gasteiger partial charge on any atom is 0.103 e. The average Bonchev–Trinajstić information content (AvgIpc) is 2.96. The number of rotatable bonds is 7. The van der Waals surface area contributed by atoms with Gasteiger partial charge in [0, 0.05) is 12.5 Å². The summed E-state index contributed by atoms with van der Waals surface area (Å²) in [5.41, 5.74) is 0. The maximum atomic E-state index is 5.37. The standard InChI is InChI=1S/C17H29NO/c1-3-15-7-9-16(10-8-15)13-18-14(2)6-11-17-5-4-12-19-17/h4-5,12,14-16,18H,3,6-11,13H2,1-2H3. The van der Waals surface area contributed by atoms with Crippen LogP contribution in [0, 0.1) is 11.8 Å². The zero-order chi connectivity index (χ0) is 13.5. The summed E-state index contributed by atoms with van der Waals surface area (Å²) in [6, 6.07) is 4.63. The van der Waals surface area contributed by atoms with E-state index in [4.69, 9.17) is 4.42 Å². The van der Waals surface area contributed by atoms with E-state index in [0.29, 0.717) is 6.04 Å². The lowest BCUT2D eigenvalue weighted by atomic mass is 9.81. The molecule has 0 bridgehead atoms. The molecular weight excluding hydrogens is 234 g/mol. The molecule has 1 heterocycles. The van der Waals surface area contributed by atoms with E-state index in [-0.39, 0.29) is 0 Å². The van der Waals surface area contributed by atoms with Gasteiger partial charge in [-0.15, -0.1) is 0 Å². The van der Waals surface area contributed by atoms with E-state index in [0.717, 1.165) is 30.4 Å². The topological polar surface area (TPSA) is 25.2 Å². The lowest BCUT2D eigenvalue weighted by Crippen LogP contribution is -2.33. The molecule has 108 valence electrons. The number of nitrogens with one attached hydrogen (secondary N) is 1. The second-order valence-corrected chi connectivity index (χ2v) is 6.22. The fraction of sp³-hybridized carbons (Fsp3) is 0.765. The predicted molar refractivity (Wildman–Crippen MR) is 80.2 cm³/mol. The van der Waals surface area contributed by atoms with Crippen LogP contribution in [0.3, 0.4) is 0 Å². The molecule has 2 heteroatoms. The van der Waals surface area contributed by atoms with Crippen LogP contribution in [0.2, 0.25) is 0 Å². The van der Waals surface area contributed by atoms with Crippen molar-refractivity contribution in [1.82, 2.24) is 5.32 Å². The monoisotopic (exact) mass is 263 g/mol. The van der Waals surface area contributed by atoms with Crippen LogP contribution in [-0.2, 0) is 6.42 Å². The van der Waals surface area contributed by atoms with Crippen molar-refractivity contribution in [2.24, 2.45) is 11.8 Å². The molecule has 1 unspecified atom stereocenters. The first kappa shape index (κ1) is 14.6. The Balaban J connectivity index is 1.57. The van der Waals surface area contributed by atoms with Crippen LogP contribution in [-0.4, -0.2) is 12.6 Å². The lowest BCUT2D eigenvalue weighted by molar-refractivity contribution is 0.256. The minimum Gasteiger partial charge on any atom is -0.469 e. The highest BCUT2D eigenvalue weighted by atomic mass is 16.3. The van der Waals surface area contributed by atoms with Crippen molar-refractivity contribution in [2.75, 3.05) is 6.54 Å². The summed E-state index contributed by atoms with van der Waals surface area (Å²) in [6.07, 6.45) is 11.1. The van der Waals surface area contributed by atoms with Crippen LogP contribution in [0.1, 0.15) is 58.1 Å². The summed E-state index contributed by atoms with van der Waals surface area (Å²) in [5, 5.41) is 3.71. The molecule has 0 radical (unpaired) electrons. The van der Waals surface area contributed by atoms with Crippen LogP contribution >= 0.6 is 0 Å². The third-order valence-corrected chi connectivity index (χ3v) is 4.70. The predicted octanol–water partition coefficient (Wildman–Crippen LogP) is 4.41. The van der Waals surface area contributed by atoms with Gasteiger partial charge < -0.3 is 9.73 Å². The van der Waals surface area contributed by atoms with Gasteiger partial charge in [-0.3, -0.25) is 0 Å². The van der Waals surface area contributed by atoms with E-state index < -0.39 is 0 Å². The molecule has 0 amide bonds. The van der Waals surface area contributed by atoms with Crippen molar-refractivity contribution < 1.29 is 4.42 Å². The van der Waals surface area contributed by atoms with Gasteiger partial charge in [-0.25, -0.2) is 0 Å². The minimum atomic E-state index is 0.592. The van der Waals surface area contributed by atoms with E-state index in [9.17, 15) is 0 Å². The van der Waals surface area contributed by atoms with Gasteiger partial charge in [-0.1, -0.05) is 26.2 Å². The Morgan fingerprint density at radius 1 is 1.26 bits per heavy atom. The number of furan rings is 1. The molecule has 1 saturated carbocycles. The fourth-order valence-electron chi connectivity index (χ4n) is 3.13. The highest BCUT2D eigenvalue weighted by Gasteiger charge is 2.20. The van der Waals surface area contributed by atoms with Crippen LogP contribution < -0.4 is 5.32 Å². The molecule has 0 saturated heterocycles. The van der Waals surface area contributed by atoms with Gasteiger partial charge in [0.05, 0.1) is 6.26 Å². The Morgan fingerprint density at radius 2 is 2.00 bits per heavy atom. The Labute approximate surface area is 118 Å². The van der Waals surface area contributed by atoms with Crippen molar-refractivity contribution >= 4 is 0 Å². The van der Waals surface area contributed by atoms with Crippen LogP contribution in [0.15, 0.2) is 22.8 Å². The van der Waals surface area contributed by atoms with Gasteiger partial charge in [0.1, 0.15) is 5.76 Å². The summed E-state index contributed by atoms with van der Waals surface area (Å²) in [6.45, 7) is 5.83. The first-order chi connectivity index (χ1) is 9.28. The van der Waals surface area contributed by atoms with E-state index in [2.05, 4.69) is 25.2 Å². The Hall–Kier alpha value is -0.760. The molecule has 0 aromatic carbocycles. The number of hydrogen-bond acceptors (Lipinski definition) is 2. The maximum absolute atomic E-state index is 5.37. The van der Waals surface area contributed by atoms with Crippen molar-refractivity contribution in [3.8, 4) is 0 Å². The number of hydrogen-bond donors (Lipinski definition) is 1. The third kappa shape index (κ3) is 5.02. The first-order valence-corrected chi connectivity index (χ1v) is 8.03. The molecule has 1 aromatic rings. The Bertz CT molecular complexity index is 325. The SMILES string of the molecule is CCC1CCC(CNC(C)CCc2ccco2)CC1. The van der Waals surface area contributed by atoms with Gasteiger partial charge in [-0.05, 0) is 56.7 Å². The summed E-state index contributed by atoms with van der Waals surface area (Å²) in [7, 11) is 0. The molecule has 1 aliphatic carbocycles. The molecule has 1 fully saturated rings. The normalized spacial score (nSPS) is 25.4. The fourth-order valence-corrected chi connectivity index (χ4v) is 3.13. The van der Waals surface area contributed by atoms with Crippen LogP contribution in [0.25, 0.3) is 0 Å². The molecule has 1 aromatic heterocycles. The molecule has 0 aliphatic heterocycles. The lowest BCUT2D eigenvalue weighted by Gasteiger charge is -2.29. The summed E-state index contributed by atoms with van der Waals surface area (Å²) < 4.78 is 5.37. The van der Waals surface area contributed by atoms with Gasteiger partial charge in [0.15, 0.2) is 0 Å². The third-order valence-electron chi connectivity index (χ3n) is 4.70. The highest BCUT2D eigenvalue weighted by Crippen LogP contribution is 2.30. The minimum absolute atomic E-state index is 0.592. The highest BCUT2D eigenvalue weighted by molar-refractivity contribution is 4.98. The molecular formula is C17H29NO. The van der Waals surface area contributed by atoms with Crippen LogP contribution in [0.5, 0.6) is 0 Å². The molecule has 19 heavy (non-hydrogen) atoms. The molecule has 1 N–H and O–H groups in total. The van der Waals surface area contributed by atoms with E-state index in [1.807, 2.05) is 6.07 Å². The van der Waals surface area contributed by atoms with E-state index in [1.54, 1.807) is 6.26 Å². The second kappa shape index (κ2) is 7.74. The van der Waals surface area contributed by atoms with E-state index >= 15 is 0 Å². The summed E-state index contributed by atoms with van der Waals surface area (Å²) in [5.74, 6) is 3.03. The van der Waals surface area contributed by atoms with Gasteiger partial charge in [0.25, 0.3) is 0 Å². The van der Waals surface area contributed by atoms with E-state index in [1.165, 1.54) is 38.6 Å². The molecule has 2 nitrogen and oxygen atoms in total. The van der Waals surface area contributed by atoms with Crippen molar-refractivity contribution in [2.45, 2.75) is 64.8 Å². The Kier molecular flexibility index (Phi) is 5.96. The average molecular weight is 263 g/mol. The quantitative estimate of drug-likeness (QED) is 0.788. The summed E-state index contributed by atoms with van der Waals surface area (Å²) >= 11 is 0. The smallest absolute Gasteiger partial charge is 0.103 e. The van der Waals surface area contributed by atoms with Gasteiger partial charge in [-0.2, -0.15) is 0 Å². The largest absolute Gasteiger partial charge is 0.469 e. The Morgan fingerprint density at radius 3 is 2.63 bits per heavy atom. The van der Waals surface area contributed by atoms with Crippen LogP contribution in [0.4, 0.5) is 0 Å². The molecule has 1 atom stereocenters. The first-order valence-electron chi connectivity index (χ1n) is 8.03. The van der Waals surface area contributed by atoms with Gasteiger partial charge in [0.2, 0.25) is 0 Å². The van der Waals surface area contributed by atoms with Gasteiger partial charge >= 0.3 is 0 Å². The second-order valence-electron chi connectivity index (χ2n) is 6.22. The van der Waals surface area contributed by atoms with Crippen molar-refractivity contribution in [3.05, 3.63) is 24.2 Å². The van der Waals surface area contributed by atoms with Crippen molar-refractivity contribution in [1.29, 1.82) is 0 Å². The molecule has 2 rings (SSSR count). The number of aryl methyl sites for hydroxylation is 1. The zero-order valence-corrected chi connectivity index (χ0v) is 12.5. The van der Waals surface area contributed by atoms with Crippen molar-refractivity contribution in [3.63, 3.8) is 0 Å². The molecule has 0 spiro atoms. The zero-order valence-electron chi connectivity index (χ0n) is 12.5. The summed E-state index contributed by atoms with van der Waals surface area (Å²) in [4.78, 5) is 0. The molecule has 1 aliphatic rings.